The van der Waals surface area contributed by atoms with Gasteiger partial charge in [-0.1, -0.05) is 90.6 Å². The first-order chi connectivity index (χ1) is 27.7. The molecule has 13 rings (SSSR count). The average Bonchev–Trinajstić information content (AvgIpc) is 3.57. The second-order valence-electron chi connectivity index (χ2n) is 16.9. The second kappa shape index (κ2) is 12.7. The molecule has 5 aliphatic rings. The second-order valence-corrected chi connectivity index (χ2v) is 17.9. The predicted molar refractivity (Wildman–Crippen MR) is 234 cm³/mol. The summed E-state index contributed by atoms with van der Waals surface area (Å²) in [6, 6.07) is 63.2. The van der Waals surface area contributed by atoms with Crippen molar-refractivity contribution < 1.29 is 0 Å². The largest absolute Gasteiger partial charge is 0.310 e. The lowest BCUT2D eigenvalue weighted by molar-refractivity contribution is -0.00518. The van der Waals surface area contributed by atoms with Crippen LogP contribution in [-0.4, -0.2) is 4.57 Å². The Morgan fingerprint density at radius 3 is 1.66 bits per heavy atom. The van der Waals surface area contributed by atoms with E-state index in [1.54, 1.807) is 5.56 Å². The van der Waals surface area contributed by atoms with Crippen LogP contribution in [0.2, 0.25) is 0 Å². The van der Waals surface area contributed by atoms with E-state index in [1.807, 2.05) is 11.8 Å². The highest BCUT2D eigenvalue weighted by molar-refractivity contribution is 7.99. The van der Waals surface area contributed by atoms with Gasteiger partial charge in [0.15, 0.2) is 0 Å². The SMILES string of the molecule is c1ccc(-n2c3ccccc3c3ccc(N(c4ccc(N5c6ccccc6Sc6ccccc65)cc4)c4ccc(C56CC7CC(CC(C7)C5)C6)cc4)cc32)cc1. The van der Waals surface area contributed by atoms with E-state index >= 15 is 0 Å². The Kier molecular flexibility index (Phi) is 7.35. The monoisotopic (exact) mass is 741 g/mol. The summed E-state index contributed by atoms with van der Waals surface area (Å²) in [5.74, 6) is 2.78. The zero-order chi connectivity index (χ0) is 36.8. The minimum Gasteiger partial charge on any atom is -0.310 e. The third kappa shape index (κ3) is 5.12. The molecule has 0 spiro atoms. The van der Waals surface area contributed by atoms with Crippen LogP contribution in [0.15, 0.2) is 180 Å². The number of hydrogen-bond donors (Lipinski definition) is 0. The van der Waals surface area contributed by atoms with Gasteiger partial charge in [0.1, 0.15) is 0 Å². The van der Waals surface area contributed by atoms with Crippen molar-refractivity contribution in [3.05, 3.63) is 175 Å². The molecule has 3 nitrogen and oxygen atoms in total. The molecule has 0 N–H and O–H groups in total. The number of benzene rings is 7. The molecule has 0 atom stereocenters. The van der Waals surface area contributed by atoms with Crippen LogP contribution in [0.1, 0.15) is 44.1 Å². The van der Waals surface area contributed by atoms with E-state index in [9.17, 15) is 0 Å². The zero-order valence-corrected chi connectivity index (χ0v) is 32.2. The number of hydrogen-bond acceptors (Lipinski definition) is 3. The van der Waals surface area contributed by atoms with Crippen LogP contribution in [0.5, 0.6) is 0 Å². The van der Waals surface area contributed by atoms with E-state index < -0.39 is 0 Å². The van der Waals surface area contributed by atoms with Gasteiger partial charge in [-0.3, -0.25) is 0 Å². The summed E-state index contributed by atoms with van der Waals surface area (Å²) < 4.78 is 2.43. The van der Waals surface area contributed by atoms with Crippen LogP contribution in [0, 0.1) is 17.8 Å². The highest BCUT2D eigenvalue weighted by Crippen LogP contribution is 2.61. The number of nitrogens with zero attached hydrogens (tertiary/aromatic N) is 3. The molecular weight excluding hydrogens is 699 g/mol. The minimum atomic E-state index is 0.370. The number of para-hydroxylation sites is 4. The van der Waals surface area contributed by atoms with E-state index in [1.165, 1.54) is 92.9 Å². The molecule has 4 aliphatic carbocycles. The van der Waals surface area contributed by atoms with Gasteiger partial charge in [-0.05, 0) is 158 Å². The topological polar surface area (TPSA) is 11.4 Å². The molecule has 8 aromatic rings. The van der Waals surface area contributed by atoms with Gasteiger partial charge in [0, 0.05) is 49.0 Å². The summed E-state index contributed by atoms with van der Waals surface area (Å²) >= 11 is 1.85. The molecule has 56 heavy (non-hydrogen) atoms. The highest BCUT2D eigenvalue weighted by Gasteiger charge is 2.51. The maximum absolute atomic E-state index is 2.49. The average molecular weight is 742 g/mol. The summed E-state index contributed by atoms with van der Waals surface area (Å²) in [5, 5.41) is 2.54. The summed E-state index contributed by atoms with van der Waals surface area (Å²) in [6.07, 6.45) is 8.55. The maximum atomic E-state index is 2.49. The number of fused-ring (bicyclic) bond motifs is 5. The molecule has 1 aliphatic heterocycles. The highest BCUT2D eigenvalue weighted by atomic mass is 32.2. The molecule has 0 saturated heterocycles. The summed E-state index contributed by atoms with van der Waals surface area (Å²) in [6.45, 7) is 0. The first-order valence-electron chi connectivity index (χ1n) is 20.4. The molecule has 0 amide bonds. The summed E-state index contributed by atoms with van der Waals surface area (Å²) in [7, 11) is 0. The van der Waals surface area contributed by atoms with Crippen LogP contribution < -0.4 is 9.80 Å². The Hall–Kier alpha value is -5.71. The van der Waals surface area contributed by atoms with E-state index in [-0.39, 0.29) is 0 Å². The fraction of sp³-hybridized carbons (Fsp3) is 0.192. The minimum absolute atomic E-state index is 0.370. The molecule has 0 unspecified atom stereocenters. The molecule has 1 aromatic heterocycles. The van der Waals surface area contributed by atoms with Gasteiger partial charge in [-0.25, -0.2) is 0 Å². The Morgan fingerprint density at radius 2 is 1.00 bits per heavy atom. The Labute approximate surface area is 333 Å². The molecular formula is C52H43N3S. The third-order valence-corrected chi connectivity index (χ3v) is 14.6. The number of rotatable bonds is 6. The smallest absolute Gasteiger partial charge is 0.0601 e. The first kappa shape index (κ1) is 32.5. The van der Waals surface area contributed by atoms with E-state index in [2.05, 4.69) is 184 Å². The number of aromatic nitrogens is 1. The molecule has 4 saturated carbocycles. The quantitative estimate of drug-likeness (QED) is 0.168. The van der Waals surface area contributed by atoms with Gasteiger partial charge >= 0.3 is 0 Å². The van der Waals surface area contributed by atoms with Crippen molar-refractivity contribution in [1.82, 2.24) is 4.57 Å². The maximum Gasteiger partial charge on any atom is 0.0601 e. The van der Waals surface area contributed by atoms with Crippen molar-refractivity contribution in [2.75, 3.05) is 9.80 Å². The summed E-state index contributed by atoms with van der Waals surface area (Å²) in [5.41, 5.74) is 12.6. The van der Waals surface area contributed by atoms with Crippen LogP contribution in [0.4, 0.5) is 34.1 Å². The van der Waals surface area contributed by atoms with Crippen LogP contribution in [0.25, 0.3) is 27.5 Å². The lowest BCUT2D eigenvalue weighted by Gasteiger charge is -2.57. The molecule has 4 fully saturated rings. The summed E-state index contributed by atoms with van der Waals surface area (Å²) in [4.78, 5) is 7.43. The molecule has 7 aromatic carbocycles. The molecule has 2 heterocycles. The van der Waals surface area contributed by atoms with Crippen molar-refractivity contribution >= 4 is 67.7 Å². The van der Waals surface area contributed by atoms with Gasteiger partial charge in [0.25, 0.3) is 0 Å². The Bertz CT molecular complexity index is 2680. The van der Waals surface area contributed by atoms with Crippen LogP contribution >= 0.6 is 11.8 Å². The zero-order valence-electron chi connectivity index (χ0n) is 31.4. The van der Waals surface area contributed by atoms with Gasteiger partial charge in [0.2, 0.25) is 0 Å². The molecule has 4 bridgehead atoms. The lowest BCUT2D eigenvalue weighted by atomic mass is 9.48. The van der Waals surface area contributed by atoms with Crippen molar-refractivity contribution in [1.29, 1.82) is 0 Å². The molecule has 272 valence electrons. The van der Waals surface area contributed by atoms with Crippen LogP contribution in [0.3, 0.4) is 0 Å². The molecule has 0 radical (unpaired) electrons. The van der Waals surface area contributed by atoms with Gasteiger partial charge in [-0.2, -0.15) is 0 Å². The standard InChI is InChI=1S/C52H43N3S/c1-2-10-39(11-3-1)54-46-13-5-4-12-44(46)45-27-26-43(31-49(45)54)53(40-20-18-38(19-21-40)52-32-35-28-36(33-52)30-37(29-35)34-52)41-22-24-42(25-23-41)55-47-14-6-8-16-50(47)56-51-17-9-7-15-48(51)55/h1-27,31,35-37H,28-30,32-34H2. The van der Waals surface area contributed by atoms with E-state index in [0.29, 0.717) is 5.41 Å². The van der Waals surface area contributed by atoms with Crippen molar-refractivity contribution in [3.8, 4) is 5.69 Å². The normalized spacial score (nSPS) is 22.0. The van der Waals surface area contributed by atoms with Crippen molar-refractivity contribution in [2.24, 2.45) is 17.8 Å². The fourth-order valence-corrected chi connectivity index (χ4v) is 12.6. The fourth-order valence-electron chi connectivity index (χ4n) is 11.6. The van der Waals surface area contributed by atoms with Crippen LogP contribution in [-0.2, 0) is 5.41 Å². The van der Waals surface area contributed by atoms with Crippen molar-refractivity contribution in [3.63, 3.8) is 0 Å². The van der Waals surface area contributed by atoms with Gasteiger partial charge in [0.05, 0.1) is 22.4 Å². The Balaban J connectivity index is 1.000. The first-order valence-corrected chi connectivity index (χ1v) is 21.2. The van der Waals surface area contributed by atoms with Gasteiger partial charge in [-0.15, -0.1) is 0 Å². The third-order valence-electron chi connectivity index (χ3n) is 13.5. The lowest BCUT2D eigenvalue weighted by Crippen LogP contribution is -2.48. The van der Waals surface area contributed by atoms with Crippen molar-refractivity contribution in [2.45, 2.75) is 53.7 Å². The number of anilines is 6. The van der Waals surface area contributed by atoms with Gasteiger partial charge < -0.3 is 14.4 Å². The van der Waals surface area contributed by atoms with E-state index in [0.717, 1.165) is 34.8 Å². The predicted octanol–water partition coefficient (Wildman–Crippen LogP) is 14.7. The Morgan fingerprint density at radius 1 is 0.464 bits per heavy atom. The molecule has 4 heteroatoms. The van der Waals surface area contributed by atoms with E-state index in [4.69, 9.17) is 0 Å².